The number of aliphatic carboxylic acids is 1. The molecule has 0 aromatic carbocycles. The van der Waals surface area contributed by atoms with E-state index in [-0.39, 0.29) is 5.54 Å². The number of hydrogen-bond acceptors (Lipinski definition) is 3. The number of rotatable bonds is 1. The van der Waals surface area contributed by atoms with Gasteiger partial charge in [0, 0.05) is 11.7 Å². The molecule has 1 saturated carbocycles. The third kappa shape index (κ3) is 4.46. The molecular weight excluding hydrogens is 329 g/mol. The molecule has 2 rings (SSSR count). The Labute approximate surface area is 116 Å². The molecule has 0 atom stereocenters. The lowest BCUT2D eigenvalue weighted by atomic mass is 9.73. The van der Waals surface area contributed by atoms with Crippen LogP contribution < -0.4 is 5.73 Å². The fourth-order valence-electron chi connectivity index (χ4n) is 1.56. The molecule has 4 nitrogen and oxygen atoms in total. The molecule has 0 aliphatic heterocycles. The van der Waals surface area contributed by atoms with Crippen molar-refractivity contribution < 1.29 is 23.1 Å². The average molecular weight is 341 g/mol. The van der Waals surface area contributed by atoms with Crippen molar-refractivity contribution in [3.05, 3.63) is 28.5 Å². The Morgan fingerprint density at radius 3 is 2.32 bits per heavy atom. The Hall–Kier alpha value is -1.15. The number of carbonyl (C=O) groups is 1. The van der Waals surface area contributed by atoms with Crippen molar-refractivity contribution in [1.82, 2.24) is 4.98 Å². The zero-order valence-electron chi connectivity index (χ0n) is 9.75. The topological polar surface area (TPSA) is 76.2 Å². The van der Waals surface area contributed by atoms with Crippen LogP contribution in [0.5, 0.6) is 0 Å². The van der Waals surface area contributed by atoms with E-state index < -0.39 is 12.1 Å². The van der Waals surface area contributed by atoms with Crippen LogP contribution in [0.2, 0.25) is 0 Å². The highest BCUT2D eigenvalue weighted by atomic mass is 79.9. The largest absolute Gasteiger partial charge is 0.490 e. The maximum Gasteiger partial charge on any atom is 0.490 e. The molecule has 1 aromatic heterocycles. The molecule has 0 radical (unpaired) electrons. The lowest BCUT2D eigenvalue weighted by Gasteiger charge is -2.38. The molecule has 8 heteroatoms. The first-order valence-electron chi connectivity index (χ1n) is 5.36. The van der Waals surface area contributed by atoms with E-state index in [1.165, 1.54) is 12.0 Å². The summed E-state index contributed by atoms with van der Waals surface area (Å²) in [7, 11) is 0. The molecule has 1 fully saturated rings. The fourth-order valence-corrected chi connectivity index (χ4v) is 1.92. The Morgan fingerprint density at radius 1 is 1.47 bits per heavy atom. The maximum atomic E-state index is 10.6. The fraction of sp³-hybridized carbons (Fsp3) is 0.455. The van der Waals surface area contributed by atoms with Crippen LogP contribution in [-0.4, -0.2) is 22.2 Å². The molecule has 0 bridgehead atoms. The third-order valence-corrected chi connectivity index (χ3v) is 3.22. The van der Waals surface area contributed by atoms with E-state index in [0.717, 1.165) is 17.4 Å². The standard InChI is InChI=1S/C9H11BrN2.C2HF3O2/c10-8-6-7(2-5-12-8)9(11)3-1-4-9;3-2(4,5)1(6)7/h2,5-6H,1,3-4,11H2;(H,6,7). The van der Waals surface area contributed by atoms with Gasteiger partial charge in [-0.2, -0.15) is 13.2 Å². The van der Waals surface area contributed by atoms with Crippen LogP contribution in [0.3, 0.4) is 0 Å². The van der Waals surface area contributed by atoms with Gasteiger partial charge in [-0.1, -0.05) is 0 Å². The SMILES string of the molecule is NC1(c2ccnc(Br)c2)CCC1.O=C(O)C(F)(F)F. The molecule has 0 amide bonds. The molecule has 1 heterocycles. The van der Waals surface area contributed by atoms with E-state index in [4.69, 9.17) is 15.6 Å². The first kappa shape index (κ1) is 15.9. The second-order valence-electron chi connectivity index (χ2n) is 4.18. The number of aromatic nitrogens is 1. The third-order valence-electron chi connectivity index (χ3n) is 2.79. The normalized spacial score (nSPS) is 16.9. The average Bonchev–Trinajstić information content (AvgIpc) is 2.25. The van der Waals surface area contributed by atoms with Crippen molar-refractivity contribution in [2.24, 2.45) is 5.73 Å². The molecule has 19 heavy (non-hydrogen) atoms. The lowest BCUT2D eigenvalue weighted by Crippen LogP contribution is -2.43. The van der Waals surface area contributed by atoms with Crippen molar-refractivity contribution >= 4 is 21.9 Å². The van der Waals surface area contributed by atoms with Crippen LogP contribution in [-0.2, 0) is 10.3 Å². The van der Waals surface area contributed by atoms with Crippen LogP contribution in [0.15, 0.2) is 22.9 Å². The second-order valence-corrected chi connectivity index (χ2v) is 4.99. The van der Waals surface area contributed by atoms with Gasteiger partial charge in [0.15, 0.2) is 0 Å². The predicted octanol–water partition coefficient (Wildman–Crippen LogP) is 2.82. The van der Waals surface area contributed by atoms with E-state index in [2.05, 4.69) is 20.9 Å². The van der Waals surface area contributed by atoms with Gasteiger partial charge in [-0.05, 0) is 52.9 Å². The number of carboxylic acid groups (broad SMARTS) is 1. The molecule has 1 aliphatic carbocycles. The van der Waals surface area contributed by atoms with Crippen molar-refractivity contribution in [3.8, 4) is 0 Å². The number of pyridine rings is 1. The highest BCUT2D eigenvalue weighted by Gasteiger charge is 2.38. The Bertz CT molecular complexity index is 461. The quantitative estimate of drug-likeness (QED) is 0.770. The highest BCUT2D eigenvalue weighted by Crippen LogP contribution is 2.38. The van der Waals surface area contributed by atoms with Crippen LogP contribution in [0.4, 0.5) is 13.2 Å². The van der Waals surface area contributed by atoms with Gasteiger partial charge in [0.05, 0.1) is 0 Å². The monoisotopic (exact) mass is 340 g/mol. The Kier molecular flexibility index (Phi) is 4.92. The Balaban J connectivity index is 0.000000224. The van der Waals surface area contributed by atoms with E-state index in [9.17, 15) is 13.2 Å². The zero-order chi connectivity index (χ0) is 14.7. The molecule has 0 saturated heterocycles. The molecule has 1 aromatic rings. The van der Waals surface area contributed by atoms with Gasteiger partial charge >= 0.3 is 12.1 Å². The lowest BCUT2D eigenvalue weighted by molar-refractivity contribution is -0.192. The van der Waals surface area contributed by atoms with Gasteiger partial charge in [-0.3, -0.25) is 0 Å². The molecular formula is C11H12BrF3N2O2. The second kappa shape index (κ2) is 5.87. The zero-order valence-corrected chi connectivity index (χ0v) is 11.3. The number of nitrogens with zero attached hydrogens (tertiary/aromatic N) is 1. The van der Waals surface area contributed by atoms with Gasteiger partial charge in [-0.25, -0.2) is 9.78 Å². The van der Waals surface area contributed by atoms with Gasteiger partial charge in [0.2, 0.25) is 0 Å². The first-order chi connectivity index (χ1) is 8.65. The summed E-state index contributed by atoms with van der Waals surface area (Å²) in [4.78, 5) is 13.0. The van der Waals surface area contributed by atoms with E-state index in [1.807, 2.05) is 12.1 Å². The summed E-state index contributed by atoms with van der Waals surface area (Å²) in [6.07, 6.45) is 0.162. The van der Waals surface area contributed by atoms with Gasteiger partial charge in [-0.15, -0.1) is 0 Å². The minimum Gasteiger partial charge on any atom is -0.475 e. The summed E-state index contributed by atoms with van der Waals surface area (Å²) in [6.45, 7) is 0. The van der Waals surface area contributed by atoms with Crippen LogP contribution in [0.1, 0.15) is 24.8 Å². The van der Waals surface area contributed by atoms with E-state index in [1.54, 1.807) is 6.20 Å². The predicted molar refractivity (Wildman–Crippen MR) is 65.3 cm³/mol. The molecule has 0 spiro atoms. The smallest absolute Gasteiger partial charge is 0.475 e. The molecule has 3 N–H and O–H groups in total. The number of nitrogens with two attached hydrogens (primary N) is 1. The number of hydrogen-bond donors (Lipinski definition) is 2. The van der Waals surface area contributed by atoms with Crippen LogP contribution >= 0.6 is 15.9 Å². The van der Waals surface area contributed by atoms with Gasteiger partial charge in [0.25, 0.3) is 0 Å². The van der Waals surface area contributed by atoms with Crippen molar-refractivity contribution in [3.63, 3.8) is 0 Å². The van der Waals surface area contributed by atoms with Crippen molar-refractivity contribution in [2.45, 2.75) is 31.0 Å². The van der Waals surface area contributed by atoms with Gasteiger partial charge in [0.1, 0.15) is 4.60 Å². The number of halogens is 4. The van der Waals surface area contributed by atoms with E-state index in [0.29, 0.717) is 0 Å². The highest BCUT2D eigenvalue weighted by molar-refractivity contribution is 9.10. The summed E-state index contributed by atoms with van der Waals surface area (Å²) in [5.74, 6) is -2.76. The number of alkyl halides is 3. The summed E-state index contributed by atoms with van der Waals surface area (Å²) in [6, 6.07) is 4.02. The summed E-state index contributed by atoms with van der Waals surface area (Å²) >= 11 is 3.34. The summed E-state index contributed by atoms with van der Waals surface area (Å²) < 4.78 is 32.6. The maximum absolute atomic E-state index is 10.6. The summed E-state index contributed by atoms with van der Waals surface area (Å²) in [5, 5.41) is 7.12. The molecule has 0 unspecified atom stereocenters. The first-order valence-corrected chi connectivity index (χ1v) is 6.15. The molecule has 106 valence electrons. The van der Waals surface area contributed by atoms with Crippen LogP contribution in [0, 0.1) is 0 Å². The van der Waals surface area contributed by atoms with Crippen molar-refractivity contribution in [1.29, 1.82) is 0 Å². The van der Waals surface area contributed by atoms with Crippen molar-refractivity contribution in [2.75, 3.05) is 0 Å². The minimum absolute atomic E-state index is 0.0640. The van der Waals surface area contributed by atoms with Gasteiger partial charge < -0.3 is 10.8 Å². The summed E-state index contributed by atoms with van der Waals surface area (Å²) in [5.41, 5.74) is 7.28. The Morgan fingerprint density at radius 2 is 2.00 bits per heavy atom. The minimum atomic E-state index is -5.08. The number of carboxylic acids is 1. The molecule has 1 aliphatic rings. The van der Waals surface area contributed by atoms with Crippen LogP contribution in [0.25, 0.3) is 0 Å². The van der Waals surface area contributed by atoms with E-state index >= 15 is 0 Å².